The standard InChI is InChI=1S/C18H26F4NO3S/c1-16(2,14-10-13(19)4-5-15(14)26-3)11-17(24,18(20,21)22)12-23-6-8-27(25)9-7-23/h4-5,10,24,27H,6-9,11-12H2,1-3H3. The van der Waals surface area contributed by atoms with Crippen LogP contribution in [-0.2, 0) is 16.6 Å². The first-order valence-electron chi connectivity index (χ1n) is 8.65. The van der Waals surface area contributed by atoms with Gasteiger partial charge in [0.05, 0.1) is 18.6 Å². The zero-order chi connectivity index (χ0) is 20.5. The van der Waals surface area contributed by atoms with Crippen LogP contribution in [0.3, 0.4) is 0 Å². The van der Waals surface area contributed by atoms with Gasteiger partial charge in [-0.25, -0.2) is 15.6 Å². The molecule has 4 nitrogen and oxygen atoms in total. The van der Waals surface area contributed by atoms with Crippen LogP contribution in [0.2, 0.25) is 0 Å². The van der Waals surface area contributed by atoms with Crippen molar-refractivity contribution in [2.45, 2.75) is 37.5 Å². The third-order valence-electron chi connectivity index (χ3n) is 4.97. The molecule has 1 N–H and O–H groups in total. The molecule has 1 aliphatic rings. The van der Waals surface area contributed by atoms with E-state index in [9.17, 15) is 27.2 Å². The van der Waals surface area contributed by atoms with E-state index in [0.717, 1.165) is 6.07 Å². The number of methoxy groups -OCH3 is 1. The summed E-state index contributed by atoms with van der Waals surface area (Å²) in [5.74, 6) is 0.324. The van der Waals surface area contributed by atoms with E-state index in [4.69, 9.17) is 4.74 Å². The molecule has 0 spiro atoms. The monoisotopic (exact) mass is 412 g/mol. The van der Waals surface area contributed by atoms with Gasteiger partial charge in [0.15, 0.2) is 5.60 Å². The summed E-state index contributed by atoms with van der Waals surface area (Å²) in [6.45, 7) is 2.93. The average Bonchev–Trinajstić information content (AvgIpc) is 2.55. The van der Waals surface area contributed by atoms with Crippen LogP contribution < -0.4 is 4.74 Å². The van der Waals surface area contributed by atoms with E-state index >= 15 is 0 Å². The average molecular weight is 412 g/mol. The molecule has 1 aromatic rings. The van der Waals surface area contributed by atoms with Crippen LogP contribution in [0.15, 0.2) is 18.2 Å². The van der Waals surface area contributed by atoms with Gasteiger partial charge >= 0.3 is 6.18 Å². The lowest BCUT2D eigenvalue weighted by Gasteiger charge is -2.42. The molecule has 1 aromatic carbocycles. The number of hydrogen-bond donors (Lipinski definition) is 1. The van der Waals surface area contributed by atoms with E-state index in [1.54, 1.807) is 0 Å². The molecule has 0 saturated carbocycles. The fourth-order valence-electron chi connectivity index (χ4n) is 3.54. The van der Waals surface area contributed by atoms with Crippen LogP contribution in [0.25, 0.3) is 0 Å². The number of aliphatic hydroxyl groups is 1. The quantitative estimate of drug-likeness (QED) is 0.443. The zero-order valence-electron chi connectivity index (χ0n) is 15.6. The SMILES string of the molecule is COc1ccc(F)cc1C(C)(C)CC(O)(CN1CC[SH+]([O-])CC1)C(F)(F)F. The second kappa shape index (κ2) is 8.14. The Morgan fingerprint density at radius 3 is 2.33 bits per heavy atom. The highest BCUT2D eigenvalue weighted by molar-refractivity contribution is 7.91. The fraction of sp³-hybridized carbons (Fsp3) is 0.667. The Bertz CT molecular complexity index is 648. The van der Waals surface area contributed by atoms with E-state index in [1.807, 2.05) is 0 Å². The summed E-state index contributed by atoms with van der Waals surface area (Å²) in [6, 6.07) is 3.67. The van der Waals surface area contributed by atoms with Gasteiger partial charge in [-0.1, -0.05) is 13.8 Å². The van der Waals surface area contributed by atoms with Crippen molar-refractivity contribution in [2.24, 2.45) is 0 Å². The Morgan fingerprint density at radius 1 is 1.22 bits per heavy atom. The highest BCUT2D eigenvalue weighted by atomic mass is 32.2. The lowest BCUT2D eigenvalue weighted by molar-refractivity contribution is -0.271. The van der Waals surface area contributed by atoms with Crippen LogP contribution in [0.5, 0.6) is 5.75 Å². The second-order valence-corrected chi connectivity index (χ2v) is 9.50. The lowest BCUT2D eigenvalue weighted by atomic mass is 9.74. The summed E-state index contributed by atoms with van der Waals surface area (Å²) in [6.07, 6.45) is -5.53. The Labute approximate surface area is 159 Å². The number of alkyl halides is 3. The summed E-state index contributed by atoms with van der Waals surface area (Å²) < 4.78 is 71.8. The first kappa shape index (κ1) is 22.3. The number of nitrogens with zero attached hydrogens (tertiary/aromatic N) is 1. The van der Waals surface area contributed by atoms with E-state index in [0.29, 0.717) is 11.5 Å². The number of halogens is 4. The first-order chi connectivity index (χ1) is 12.4. The molecule has 0 aromatic heterocycles. The van der Waals surface area contributed by atoms with Crippen LogP contribution in [0.4, 0.5) is 17.6 Å². The lowest BCUT2D eigenvalue weighted by Crippen LogP contribution is -2.58. The minimum Gasteiger partial charge on any atom is -0.654 e. The van der Waals surface area contributed by atoms with Gasteiger partial charge in [-0.05, 0) is 30.0 Å². The maximum atomic E-state index is 13.8. The predicted molar refractivity (Wildman–Crippen MR) is 97.3 cm³/mol. The molecule has 1 radical (unpaired) electrons. The van der Waals surface area contributed by atoms with E-state index in [-0.39, 0.29) is 24.4 Å². The topological polar surface area (TPSA) is 55.8 Å². The molecule has 0 aliphatic carbocycles. The van der Waals surface area contributed by atoms with Gasteiger partial charge in [0.25, 0.3) is 0 Å². The highest BCUT2D eigenvalue weighted by Gasteiger charge is 2.57. The van der Waals surface area contributed by atoms with Gasteiger partial charge in [-0.2, -0.15) is 13.2 Å². The summed E-state index contributed by atoms with van der Waals surface area (Å²) >= 11 is -1.37. The number of β-amino-alcohol motifs (C(OH)–C–C–N with tert-alkyl or cyclic N) is 1. The minimum atomic E-state index is -4.87. The van der Waals surface area contributed by atoms with Crippen molar-refractivity contribution < 1.29 is 32.0 Å². The molecule has 2 rings (SSSR count). The Balaban J connectivity index is 2.30. The minimum absolute atomic E-state index is 0.247. The van der Waals surface area contributed by atoms with Crippen molar-refractivity contribution in [2.75, 3.05) is 38.2 Å². The third-order valence-corrected chi connectivity index (χ3v) is 6.37. The van der Waals surface area contributed by atoms with Gasteiger partial charge in [0, 0.05) is 25.2 Å². The van der Waals surface area contributed by atoms with Gasteiger partial charge in [0.1, 0.15) is 11.6 Å². The van der Waals surface area contributed by atoms with Crippen LogP contribution in [-0.4, -0.2) is 64.6 Å². The van der Waals surface area contributed by atoms with Crippen LogP contribution in [0, 0.1) is 5.82 Å². The van der Waals surface area contributed by atoms with Gasteiger partial charge in [0.2, 0.25) is 0 Å². The molecule has 155 valence electrons. The van der Waals surface area contributed by atoms with E-state index < -0.39 is 47.2 Å². The van der Waals surface area contributed by atoms with Crippen molar-refractivity contribution in [3.63, 3.8) is 0 Å². The Kier molecular flexibility index (Phi) is 6.72. The molecule has 1 fully saturated rings. The number of ether oxygens (including phenoxy) is 1. The van der Waals surface area contributed by atoms with Gasteiger partial charge < -0.3 is 14.4 Å². The molecule has 1 unspecified atom stereocenters. The maximum absolute atomic E-state index is 13.8. The van der Waals surface area contributed by atoms with Crippen molar-refractivity contribution in [1.82, 2.24) is 4.90 Å². The van der Waals surface area contributed by atoms with E-state index in [1.165, 1.54) is 38.0 Å². The second-order valence-electron chi connectivity index (χ2n) is 7.64. The molecular weight excluding hydrogens is 386 g/mol. The van der Waals surface area contributed by atoms with Crippen LogP contribution >= 0.6 is 0 Å². The normalized spacial score (nSPS) is 19.7. The zero-order valence-corrected chi connectivity index (χ0v) is 16.5. The summed E-state index contributed by atoms with van der Waals surface area (Å²) in [5.41, 5.74) is -3.94. The molecular formula is C18H26F4NO3S. The molecule has 27 heavy (non-hydrogen) atoms. The first-order valence-corrected chi connectivity index (χ1v) is 10.3. The van der Waals surface area contributed by atoms with Gasteiger partial charge in [-0.15, -0.1) is 0 Å². The number of rotatable bonds is 6. The van der Waals surface area contributed by atoms with Crippen molar-refractivity contribution in [1.29, 1.82) is 0 Å². The predicted octanol–water partition coefficient (Wildman–Crippen LogP) is 2.59. The van der Waals surface area contributed by atoms with Crippen molar-refractivity contribution >= 4 is 11.2 Å². The van der Waals surface area contributed by atoms with Crippen molar-refractivity contribution in [3.8, 4) is 5.75 Å². The van der Waals surface area contributed by atoms with E-state index in [2.05, 4.69) is 0 Å². The maximum Gasteiger partial charge on any atom is 0.418 e. The Hall–Kier alpha value is -1.03. The summed E-state index contributed by atoms with van der Waals surface area (Å²) in [7, 11) is 1.36. The summed E-state index contributed by atoms with van der Waals surface area (Å²) in [4.78, 5) is 1.49. The molecule has 0 bridgehead atoms. The largest absolute Gasteiger partial charge is 0.654 e. The van der Waals surface area contributed by atoms with Crippen molar-refractivity contribution in [3.05, 3.63) is 29.6 Å². The smallest absolute Gasteiger partial charge is 0.418 e. The molecule has 1 saturated heterocycles. The number of thiol groups is 1. The fourth-order valence-corrected chi connectivity index (χ4v) is 4.77. The molecule has 9 heteroatoms. The highest BCUT2D eigenvalue weighted by Crippen LogP contribution is 2.44. The molecule has 0 amide bonds. The van der Waals surface area contributed by atoms with Gasteiger partial charge in [-0.3, -0.25) is 4.90 Å². The molecule has 1 atom stereocenters. The summed E-state index contributed by atoms with van der Waals surface area (Å²) in [5, 5.41) is 10.6. The Morgan fingerprint density at radius 2 is 1.81 bits per heavy atom. The number of benzene rings is 1. The number of hydrogen-bond acceptors (Lipinski definition) is 4. The third kappa shape index (κ3) is 5.28. The van der Waals surface area contributed by atoms with Crippen LogP contribution in [0.1, 0.15) is 25.8 Å². The molecule has 1 heterocycles. The molecule has 1 aliphatic heterocycles.